The first-order chi connectivity index (χ1) is 10.3. The molecule has 0 bridgehead atoms. The van der Waals surface area contributed by atoms with Crippen LogP contribution in [-0.2, 0) is 17.8 Å². The Morgan fingerprint density at radius 3 is 2.23 bits per heavy atom. The Labute approximate surface area is 139 Å². The van der Waals surface area contributed by atoms with E-state index in [1.54, 1.807) is 0 Å². The van der Waals surface area contributed by atoms with Crippen molar-refractivity contribution in [3.05, 3.63) is 35.4 Å². The molecular weight excluding hydrogens is 296 g/mol. The smallest absolute Gasteiger partial charge is 0.226 e. The molecule has 2 fully saturated rings. The van der Waals surface area contributed by atoms with E-state index >= 15 is 0 Å². The molecule has 0 atom stereocenters. The standard InChI is InChI=1S/C18H26N2O.ClH/c1-2-14-3-5-15(6-4-14)13-20(17-7-8-17)18(21)16-9-11-19-12-10-16;/h3-6,16-17,19H,2,7-13H2,1H3;1H. The van der Waals surface area contributed by atoms with E-state index in [1.165, 1.54) is 24.0 Å². The van der Waals surface area contributed by atoms with Gasteiger partial charge in [0.2, 0.25) is 5.91 Å². The van der Waals surface area contributed by atoms with Gasteiger partial charge in [0.05, 0.1) is 0 Å². The Bertz CT molecular complexity index is 478. The summed E-state index contributed by atoms with van der Waals surface area (Å²) in [5, 5.41) is 3.34. The van der Waals surface area contributed by atoms with Crippen LogP contribution in [0.15, 0.2) is 24.3 Å². The van der Waals surface area contributed by atoms with Crippen LogP contribution in [0.3, 0.4) is 0 Å². The third kappa shape index (κ3) is 4.23. The van der Waals surface area contributed by atoms with Crippen molar-refractivity contribution in [1.29, 1.82) is 0 Å². The first-order valence-electron chi connectivity index (χ1n) is 8.37. The quantitative estimate of drug-likeness (QED) is 0.903. The summed E-state index contributed by atoms with van der Waals surface area (Å²) in [6.07, 6.45) is 5.43. The largest absolute Gasteiger partial charge is 0.335 e. The van der Waals surface area contributed by atoms with E-state index in [-0.39, 0.29) is 18.3 Å². The van der Waals surface area contributed by atoms with E-state index in [1.807, 2.05) is 0 Å². The molecule has 22 heavy (non-hydrogen) atoms. The molecule has 0 spiro atoms. The molecule has 1 amide bonds. The highest BCUT2D eigenvalue weighted by atomic mass is 35.5. The Morgan fingerprint density at radius 1 is 1.09 bits per heavy atom. The van der Waals surface area contributed by atoms with Gasteiger partial charge in [-0.05, 0) is 56.3 Å². The summed E-state index contributed by atoms with van der Waals surface area (Å²) >= 11 is 0. The van der Waals surface area contributed by atoms with Crippen molar-refractivity contribution in [3.8, 4) is 0 Å². The Morgan fingerprint density at radius 2 is 1.68 bits per heavy atom. The molecule has 0 radical (unpaired) electrons. The highest BCUT2D eigenvalue weighted by Crippen LogP contribution is 2.31. The van der Waals surface area contributed by atoms with Crippen molar-refractivity contribution < 1.29 is 4.79 Å². The maximum Gasteiger partial charge on any atom is 0.226 e. The number of aryl methyl sites for hydroxylation is 1. The van der Waals surface area contributed by atoms with Gasteiger partial charge >= 0.3 is 0 Å². The van der Waals surface area contributed by atoms with Gasteiger partial charge in [-0.25, -0.2) is 0 Å². The fraction of sp³-hybridized carbons (Fsp3) is 0.611. The summed E-state index contributed by atoms with van der Waals surface area (Å²) in [6, 6.07) is 9.25. The van der Waals surface area contributed by atoms with Crippen LogP contribution >= 0.6 is 12.4 Å². The lowest BCUT2D eigenvalue weighted by Gasteiger charge is -2.30. The number of halogens is 1. The fourth-order valence-corrected chi connectivity index (χ4v) is 3.15. The normalized spacial score (nSPS) is 18.6. The molecule has 4 heteroatoms. The molecule has 2 aliphatic rings. The number of hydrogen-bond acceptors (Lipinski definition) is 2. The second-order valence-corrected chi connectivity index (χ2v) is 6.39. The van der Waals surface area contributed by atoms with Gasteiger partial charge in [0.1, 0.15) is 0 Å². The molecule has 0 aromatic heterocycles. The van der Waals surface area contributed by atoms with Crippen molar-refractivity contribution in [3.63, 3.8) is 0 Å². The first-order valence-corrected chi connectivity index (χ1v) is 8.37. The highest BCUT2D eigenvalue weighted by molar-refractivity contribution is 5.85. The second-order valence-electron chi connectivity index (χ2n) is 6.39. The summed E-state index contributed by atoms with van der Waals surface area (Å²) in [5.41, 5.74) is 2.63. The average molecular weight is 323 g/mol. The van der Waals surface area contributed by atoms with Crippen LogP contribution in [0, 0.1) is 5.92 Å². The second kappa shape index (κ2) is 7.98. The molecule has 1 heterocycles. The number of amides is 1. The van der Waals surface area contributed by atoms with Crippen LogP contribution in [0.5, 0.6) is 0 Å². The molecule has 1 saturated heterocycles. The minimum Gasteiger partial charge on any atom is -0.335 e. The first kappa shape index (κ1) is 17.3. The number of carbonyl (C=O) groups is 1. The Balaban J connectivity index is 0.00000176. The molecule has 1 aliphatic carbocycles. The van der Waals surface area contributed by atoms with Crippen LogP contribution in [0.1, 0.15) is 43.7 Å². The predicted molar refractivity (Wildman–Crippen MR) is 92.2 cm³/mol. The number of carbonyl (C=O) groups excluding carboxylic acids is 1. The molecule has 1 saturated carbocycles. The van der Waals surface area contributed by atoms with Crippen LogP contribution < -0.4 is 5.32 Å². The van der Waals surface area contributed by atoms with E-state index < -0.39 is 0 Å². The minimum absolute atomic E-state index is 0. The lowest BCUT2D eigenvalue weighted by molar-refractivity contribution is -0.137. The van der Waals surface area contributed by atoms with Crippen molar-refractivity contribution >= 4 is 18.3 Å². The van der Waals surface area contributed by atoms with Gasteiger partial charge in [0.25, 0.3) is 0 Å². The zero-order valence-electron chi connectivity index (χ0n) is 13.4. The predicted octanol–water partition coefficient (Wildman–Crippen LogP) is 3.16. The molecule has 1 aromatic rings. The molecule has 1 aliphatic heterocycles. The van der Waals surface area contributed by atoms with Gasteiger partial charge in [-0.2, -0.15) is 0 Å². The summed E-state index contributed by atoms with van der Waals surface area (Å²) < 4.78 is 0. The van der Waals surface area contributed by atoms with Crippen molar-refractivity contribution in [1.82, 2.24) is 10.2 Å². The number of hydrogen-bond donors (Lipinski definition) is 1. The third-order valence-electron chi connectivity index (χ3n) is 4.74. The van der Waals surface area contributed by atoms with E-state index in [0.717, 1.165) is 38.9 Å². The van der Waals surface area contributed by atoms with E-state index in [9.17, 15) is 4.79 Å². The van der Waals surface area contributed by atoms with Crippen LogP contribution in [0.4, 0.5) is 0 Å². The molecular formula is C18H27ClN2O. The van der Waals surface area contributed by atoms with Gasteiger partial charge < -0.3 is 10.2 Å². The number of nitrogens with zero attached hydrogens (tertiary/aromatic N) is 1. The fourth-order valence-electron chi connectivity index (χ4n) is 3.15. The molecule has 122 valence electrons. The van der Waals surface area contributed by atoms with Crippen molar-refractivity contribution in [2.45, 2.75) is 51.6 Å². The molecule has 1 N–H and O–H groups in total. The van der Waals surface area contributed by atoms with Crippen LogP contribution in [0.25, 0.3) is 0 Å². The molecule has 1 aromatic carbocycles. The Hall–Kier alpha value is -1.06. The molecule has 3 rings (SSSR count). The molecule has 0 unspecified atom stereocenters. The number of benzene rings is 1. The zero-order valence-corrected chi connectivity index (χ0v) is 14.2. The SMILES string of the molecule is CCc1ccc(CN(C(=O)C2CCNCC2)C2CC2)cc1.Cl. The third-order valence-corrected chi connectivity index (χ3v) is 4.74. The van der Waals surface area contributed by atoms with Crippen molar-refractivity contribution in [2.75, 3.05) is 13.1 Å². The average Bonchev–Trinajstić information content (AvgIpc) is 3.38. The van der Waals surface area contributed by atoms with Gasteiger partial charge in [-0.15, -0.1) is 12.4 Å². The van der Waals surface area contributed by atoms with E-state index in [4.69, 9.17) is 0 Å². The highest BCUT2D eigenvalue weighted by Gasteiger charge is 2.36. The van der Waals surface area contributed by atoms with E-state index in [2.05, 4.69) is 41.4 Å². The lowest BCUT2D eigenvalue weighted by atomic mass is 9.96. The van der Waals surface area contributed by atoms with Crippen LogP contribution in [-0.4, -0.2) is 29.9 Å². The monoisotopic (exact) mass is 322 g/mol. The number of nitrogens with one attached hydrogen (secondary N) is 1. The maximum absolute atomic E-state index is 12.8. The zero-order chi connectivity index (χ0) is 14.7. The summed E-state index contributed by atoms with van der Waals surface area (Å²) in [6.45, 7) is 4.93. The van der Waals surface area contributed by atoms with E-state index in [0.29, 0.717) is 11.9 Å². The van der Waals surface area contributed by atoms with Gasteiger partial charge in [-0.3, -0.25) is 4.79 Å². The summed E-state index contributed by atoms with van der Waals surface area (Å²) in [5.74, 6) is 0.625. The van der Waals surface area contributed by atoms with Gasteiger partial charge in [-0.1, -0.05) is 31.2 Å². The minimum atomic E-state index is 0. The van der Waals surface area contributed by atoms with Gasteiger partial charge in [0, 0.05) is 18.5 Å². The molecule has 3 nitrogen and oxygen atoms in total. The van der Waals surface area contributed by atoms with Crippen LogP contribution in [0.2, 0.25) is 0 Å². The number of piperidine rings is 1. The Kier molecular flexibility index (Phi) is 6.27. The number of rotatable bonds is 5. The van der Waals surface area contributed by atoms with Crippen molar-refractivity contribution in [2.24, 2.45) is 5.92 Å². The summed E-state index contributed by atoms with van der Waals surface area (Å²) in [7, 11) is 0. The maximum atomic E-state index is 12.8. The summed E-state index contributed by atoms with van der Waals surface area (Å²) in [4.78, 5) is 15.0. The lowest BCUT2D eigenvalue weighted by Crippen LogP contribution is -2.41. The van der Waals surface area contributed by atoms with Gasteiger partial charge in [0.15, 0.2) is 0 Å². The topological polar surface area (TPSA) is 32.3 Å².